The first kappa shape index (κ1) is 19.7. The third-order valence-electron chi connectivity index (χ3n) is 5.53. The van der Waals surface area contributed by atoms with Gasteiger partial charge in [0, 0.05) is 38.5 Å². The second kappa shape index (κ2) is 7.89. The van der Waals surface area contributed by atoms with Crippen molar-refractivity contribution in [3.63, 3.8) is 0 Å². The third kappa shape index (κ3) is 4.61. The summed E-state index contributed by atoms with van der Waals surface area (Å²) in [6.07, 6.45) is 1.05. The van der Waals surface area contributed by atoms with Crippen molar-refractivity contribution in [2.75, 3.05) is 32.8 Å². The summed E-state index contributed by atoms with van der Waals surface area (Å²) in [4.78, 5) is 28.1. The summed E-state index contributed by atoms with van der Waals surface area (Å²) in [7, 11) is 0. The van der Waals surface area contributed by atoms with Crippen LogP contribution in [0.4, 0.5) is 4.79 Å². The van der Waals surface area contributed by atoms with Gasteiger partial charge in [0.05, 0.1) is 12.6 Å². The number of aliphatic hydroxyl groups excluding tert-OH is 1. The molecule has 3 rings (SSSR count). The van der Waals surface area contributed by atoms with Gasteiger partial charge in [-0.3, -0.25) is 4.79 Å². The second-order valence-corrected chi connectivity index (χ2v) is 8.75. The molecule has 2 heterocycles. The predicted molar refractivity (Wildman–Crippen MR) is 105 cm³/mol. The van der Waals surface area contributed by atoms with Crippen molar-refractivity contribution in [1.82, 2.24) is 15.1 Å². The summed E-state index contributed by atoms with van der Waals surface area (Å²) in [6, 6.07) is 8.36. The van der Waals surface area contributed by atoms with E-state index in [0.29, 0.717) is 31.8 Å². The average Bonchev–Trinajstić information content (AvgIpc) is 2.56. The van der Waals surface area contributed by atoms with E-state index in [-0.39, 0.29) is 30.0 Å². The number of rotatable bonds is 2. The molecular weight excluding hydrogens is 342 g/mol. The molecule has 0 aliphatic carbocycles. The van der Waals surface area contributed by atoms with Crippen LogP contribution < -0.4 is 5.32 Å². The van der Waals surface area contributed by atoms with Gasteiger partial charge in [0.25, 0.3) is 0 Å². The lowest BCUT2D eigenvalue weighted by Gasteiger charge is -2.43. The molecule has 2 saturated heterocycles. The van der Waals surface area contributed by atoms with Crippen LogP contribution in [0.3, 0.4) is 0 Å². The van der Waals surface area contributed by atoms with E-state index in [1.54, 1.807) is 4.90 Å². The fourth-order valence-corrected chi connectivity index (χ4v) is 3.71. The maximum Gasteiger partial charge on any atom is 0.320 e. The number of nitrogens with one attached hydrogen (secondary N) is 1. The molecule has 0 bridgehead atoms. The van der Waals surface area contributed by atoms with E-state index >= 15 is 0 Å². The number of nitrogens with zero attached hydrogens (tertiary/aromatic N) is 2. The van der Waals surface area contributed by atoms with Gasteiger partial charge in [0.2, 0.25) is 5.91 Å². The number of aliphatic hydroxyl groups is 1. The summed E-state index contributed by atoms with van der Waals surface area (Å²) in [5, 5.41) is 12.2. The Hall–Kier alpha value is -2.08. The number of amides is 3. The van der Waals surface area contributed by atoms with E-state index in [0.717, 1.165) is 13.1 Å². The standard InChI is InChI=1S/C21H31N3O3/c1-21(2,3)17-8-6-15(7-9-17)16-11-24(12-16)20(27)23-10-4-5-19(26)22-18(13-23)14-25/h6-9,16,18,25H,4-5,10-14H2,1-3H3,(H,22,26)/t18-/m1/s1. The molecule has 0 unspecified atom stereocenters. The molecule has 0 saturated carbocycles. The summed E-state index contributed by atoms with van der Waals surface area (Å²) < 4.78 is 0. The van der Waals surface area contributed by atoms with E-state index in [1.807, 2.05) is 4.90 Å². The van der Waals surface area contributed by atoms with Gasteiger partial charge >= 0.3 is 6.03 Å². The second-order valence-electron chi connectivity index (χ2n) is 8.75. The van der Waals surface area contributed by atoms with Crippen LogP contribution in [0.5, 0.6) is 0 Å². The zero-order valence-electron chi connectivity index (χ0n) is 16.6. The molecular formula is C21H31N3O3. The van der Waals surface area contributed by atoms with Crippen molar-refractivity contribution in [2.24, 2.45) is 0 Å². The minimum atomic E-state index is -0.385. The molecule has 2 N–H and O–H groups in total. The monoisotopic (exact) mass is 373 g/mol. The van der Waals surface area contributed by atoms with Crippen LogP contribution in [0, 0.1) is 0 Å². The van der Waals surface area contributed by atoms with Crippen molar-refractivity contribution in [2.45, 2.75) is 51.0 Å². The molecule has 1 aromatic carbocycles. The molecule has 0 aromatic heterocycles. The fourth-order valence-electron chi connectivity index (χ4n) is 3.71. The van der Waals surface area contributed by atoms with Crippen molar-refractivity contribution < 1.29 is 14.7 Å². The summed E-state index contributed by atoms with van der Waals surface area (Å²) in [5.41, 5.74) is 2.74. The molecule has 6 nitrogen and oxygen atoms in total. The molecule has 27 heavy (non-hydrogen) atoms. The van der Waals surface area contributed by atoms with Crippen LogP contribution in [0.25, 0.3) is 0 Å². The van der Waals surface area contributed by atoms with Crippen LogP contribution in [0.2, 0.25) is 0 Å². The Kier molecular flexibility index (Phi) is 5.75. The molecule has 1 atom stereocenters. The fraction of sp³-hybridized carbons (Fsp3) is 0.619. The first-order valence-electron chi connectivity index (χ1n) is 9.82. The van der Waals surface area contributed by atoms with Gasteiger partial charge < -0.3 is 20.2 Å². The first-order chi connectivity index (χ1) is 12.8. The third-order valence-corrected chi connectivity index (χ3v) is 5.53. The number of carbonyl (C=O) groups is 2. The number of carbonyl (C=O) groups excluding carboxylic acids is 2. The smallest absolute Gasteiger partial charge is 0.320 e. The largest absolute Gasteiger partial charge is 0.394 e. The normalized spacial score (nSPS) is 21.9. The van der Waals surface area contributed by atoms with Crippen LogP contribution in [0.15, 0.2) is 24.3 Å². The number of benzene rings is 1. The Morgan fingerprint density at radius 2 is 1.81 bits per heavy atom. The average molecular weight is 373 g/mol. The van der Waals surface area contributed by atoms with Crippen LogP contribution >= 0.6 is 0 Å². The number of likely N-dealkylation sites (tertiary alicyclic amines) is 1. The zero-order chi connectivity index (χ0) is 19.6. The van der Waals surface area contributed by atoms with Gasteiger partial charge in [-0.25, -0.2) is 4.79 Å². The highest BCUT2D eigenvalue weighted by molar-refractivity contribution is 5.78. The molecule has 6 heteroatoms. The molecule has 0 spiro atoms. The lowest BCUT2D eigenvalue weighted by molar-refractivity contribution is -0.122. The van der Waals surface area contributed by atoms with Gasteiger partial charge in [0.1, 0.15) is 0 Å². The highest BCUT2D eigenvalue weighted by atomic mass is 16.3. The Balaban J connectivity index is 1.56. The molecule has 3 amide bonds. The highest BCUT2D eigenvalue weighted by Gasteiger charge is 2.35. The van der Waals surface area contributed by atoms with E-state index in [2.05, 4.69) is 50.4 Å². The number of urea groups is 1. The Morgan fingerprint density at radius 3 is 2.41 bits per heavy atom. The van der Waals surface area contributed by atoms with Crippen molar-refractivity contribution in [1.29, 1.82) is 0 Å². The minimum Gasteiger partial charge on any atom is -0.394 e. The maximum atomic E-state index is 12.8. The SMILES string of the molecule is CC(C)(C)c1ccc(C2CN(C(=O)N3CCCC(=O)N[C@@H](CO)C3)C2)cc1. The van der Waals surface area contributed by atoms with Crippen molar-refractivity contribution >= 4 is 11.9 Å². The van der Waals surface area contributed by atoms with Gasteiger partial charge in [-0.15, -0.1) is 0 Å². The zero-order valence-corrected chi connectivity index (χ0v) is 16.6. The van der Waals surface area contributed by atoms with Crippen LogP contribution in [-0.2, 0) is 10.2 Å². The van der Waals surface area contributed by atoms with Crippen molar-refractivity contribution in [3.8, 4) is 0 Å². The van der Waals surface area contributed by atoms with Gasteiger partial charge in [0.15, 0.2) is 0 Å². The van der Waals surface area contributed by atoms with Gasteiger partial charge in [-0.05, 0) is 23.0 Å². The van der Waals surface area contributed by atoms with Gasteiger partial charge in [-0.2, -0.15) is 0 Å². The first-order valence-corrected chi connectivity index (χ1v) is 9.82. The lowest BCUT2D eigenvalue weighted by atomic mass is 9.84. The predicted octanol–water partition coefficient (Wildman–Crippen LogP) is 2.08. The summed E-state index contributed by atoms with van der Waals surface area (Å²) in [6.45, 7) is 8.83. The highest BCUT2D eigenvalue weighted by Crippen LogP contribution is 2.30. The molecule has 2 aliphatic rings. The number of hydrogen-bond donors (Lipinski definition) is 2. The topological polar surface area (TPSA) is 72.9 Å². The Morgan fingerprint density at radius 1 is 1.15 bits per heavy atom. The van der Waals surface area contributed by atoms with Gasteiger partial charge in [-0.1, -0.05) is 45.0 Å². The van der Waals surface area contributed by atoms with Crippen LogP contribution in [0.1, 0.15) is 50.7 Å². The number of hydrogen-bond acceptors (Lipinski definition) is 3. The maximum absolute atomic E-state index is 12.8. The van der Waals surface area contributed by atoms with Crippen LogP contribution in [-0.4, -0.2) is 65.7 Å². The molecule has 2 aliphatic heterocycles. The summed E-state index contributed by atoms with van der Waals surface area (Å²) in [5.74, 6) is 0.329. The van der Waals surface area contributed by atoms with Crippen molar-refractivity contribution in [3.05, 3.63) is 35.4 Å². The molecule has 0 radical (unpaired) electrons. The lowest BCUT2D eigenvalue weighted by Crippen LogP contribution is -2.57. The van der Waals surface area contributed by atoms with E-state index in [1.165, 1.54) is 11.1 Å². The quantitative estimate of drug-likeness (QED) is 0.834. The van der Waals surface area contributed by atoms with E-state index in [9.17, 15) is 14.7 Å². The summed E-state index contributed by atoms with van der Waals surface area (Å²) >= 11 is 0. The molecule has 148 valence electrons. The Labute approximate surface area is 161 Å². The molecule has 1 aromatic rings. The minimum absolute atomic E-state index is 0.00663. The molecule has 2 fully saturated rings. The van der Waals surface area contributed by atoms with E-state index in [4.69, 9.17) is 0 Å². The Bertz CT molecular complexity index is 675. The van der Waals surface area contributed by atoms with E-state index < -0.39 is 0 Å².